The maximum atomic E-state index is 13.0. The molecule has 4 aromatic rings. The van der Waals surface area contributed by atoms with Gasteiger partial charge in [-0.25, -0.2) is 18.1 Å². The van der Waals surface area contributed by atoms with Crippen LogP contribution in [0.15, 0.2) is 89.1 Å². The van der Waals surface area contributed by atoms with Gasteiger partial charge in [0.2, 0.25) is 15.9 Å². The number of carbonyl (C=O) groups is 1. The molecule has 3 aromatic carbocycles. The van der Waals surface area contributed by atoms with E-state index < -0.39 is 16.1 Å². The molecule has 1 atom stereocenters. The fourth-order valence-electron chi connectivity index (χ4n) is 3.47. The molecular weight excluding hydrogens is 482 g/mol. The number of sulfonamides is 1. The third kappa shape index (κ3) is 6.33. The first-order chi connectivity index (χ1) is 16.8. The second kappa shape index (κ2) is 10.8. The Morgan fingerprint density at radius 1 is 1.00 bits per heavy atom. The monoisotopic (exact) mass is 507 g/mol. The van der Waals surface area contributed by atoms with Crippen LogP contribution in [0.2, 0.25) is 0 Å². The van der Waals surface area contributed by atoms with Gasteiger partial charge < -0.3 is 10.1 Å². The molecule has 1 heterocycles. The number of thiazole rings is 1. The minimum absolute atomic E-state index is 0.0907. The van der Waals surface area contributed by atoms with Gasteiger partial charge in [0.1, 0.15) is 5.75 Å². The summed E-state index contributed by atoms with van der Waals surface area (Å²) in [4.78, 5) is 17.5. The molecule has 180 valence electrons. The Morgan fingerprint density at radius 2 is 1.69 bits per heavy atom. The molecule has 0 radical (unpaired) electrons. The predicted octanol–water partition coefficient (Wildman–Crippen LogP) is 5.18. The molecule has 7 nitrogen and oxygen atoms in total. The van der Waals surface area contributed by atoms with Crippen LogP contribution in [0.5, 0.6) is 5.75 Å². The fraction of sp³-hybridized carbons (Fsp3) is 0.154. The van der Waals surface area contributed by atoms with E-state index in [4.69, 9.17) is 4.74 Å². The van der Waals surface area contributed by atoms with Crippen molar-refractivity contribution in [2.45, 2.75) is 24.3 Å². The molecule has 0 bridgehead atoms. The highest BCUT2D eigenvalue weighted by molar-refractivity contribution is 7.89. The molecule has 0 saturated carbocycles. The van der Waals surface area contributed by atoms with Crippen molar-refractivity contribution in [3.63, 3.8) is 0 Å². The Morgan fingerprint density at radius 3 is 2.34 bits per heavy atom. The van der Waals surface area contributed by atoms with E-state index in [0.717, 1.165) is 22.6 Å². The van der Waals surface area contributed by atoms with Crippen molar-refractivity contribution in [2.24, 2.45) is 0 Å². The molecule has 4 rings (SSSR count). The number of aromatic nitrogens is 1. The summed E-state index contributed by atoms with van der Waals surface area (Å²) in [6, 6.07) is 22.3. The number of nitrogens with zero attached hydrogens (tertiary/aromatic N) is 1. The molecule has 2 N–H and O–H groups in total. The number of methoxy groups -OCH3 is 1. The van der Waals surface area contributed by atoms with Crippen LogP contribution in [-0.4, -0.2) is 26.4 Å². The Balaban J connectivity index is 1.49. The van der Waals surface area contributed by atoms with Gasteiger partial charge in [-0.15, -0.1) is 11.3 Å². The number of carbonyl (C=O) groups excluding carboxylic acids is 1. The average molecular weight is 508 g/mol. The van der Waals surface area contributed by atoms with Gasteiger partial charge in [0.25, 0.3) is 0 Å². The molecule has 0 aliphatic rings. The summed E-state index contributed by atoms with van der Waals surface area (Å²) in [5, 5.41) is 5.09. The standard InChI is InChI=1S/C26H25N3O4S2/c1-18-8-14-22(15-9-18)35(31,32)29-23(19-6-4-3-5-7-19)16-25(30)28-26-27-24(17-34-26)20-10-12-21(33-2)13-11-20/h3-15,17,23,29H,16H2,1-2H3,(H,27,28,30)/t23-/m1/s1. The van der Waals surface area contributed by atoms with E-state index in [2.05, 4.69) is 15.0 Å². The van der Waals surface area contributed by atoms with E-state index in [1.807, 2.05) is 54.8 Å². The van der Waals surface area contributed by atoms with Crippen molar-refractivity contribution in [1.82, 2.24) is 9.71 Å². The van der Waals surface area contributed by atoms with Crippen molar-refractivity contribution in [1.29, 1.82) is 0 Å². The lowest BCUT2D eigenvalue weighted by Crippen LogP contribution is -2.31. The zero-order valence-corrected chi connectivity index (χ0v) is 20.9. The van der Waals surface area contributed by atoms with Gasteiger partial charge in [-0.1, -0.05) is 48.0 Å². The summed E-state index contributed by atoms with van der Waals surface area (Å²) in [6.07, 6.45) is -0.0907. The molecule has 1 amide bonds. The quantitative estimate of drug-likeness (QED) is 0.326. The minimum atomic E-state index is -3.83. The first kappa shape index (κ1) is 24.6. The molecule has 0 aliphatic heterocycles. The normalized spacial score (nSPS) is 12.2. The summed E-state index contributed by atoms with van der Waals surface area (Å²) in [5.74, 6) is 0.402. The number of nitrogens with one attached hydrogen (secondary N) is 2. The van der Waals surface area contributed by atoms with E-state index in [9.17, 15) is 13.2 Å². The highest BCUT2D eigenvalue weighted by atomic mass is 32.2. The predicted molar refractivity (Wildman–Crippen MR) is 138 cm³/mol. The summed E-state index contributed by atoms with van der Waals surface area (Å²) in [6.45, 7) is 1.89. The van der Waals surface area contributed by atoms with Crippen LogP contribution < -0.4 is 14.8 Å². The number of anilines is 1. The number of benzene rings is 3. The summed E-state index contributed by atoms with van der Waals surface area (Å²) < 4.78 is 33.9. The van der Waals surface area contributed by atoms with Crippen molar-refractivity contribution in [3.05, 3.63) is 95.4 Å². The molecular formula is C26H25N3O4S2. The van der Waals surface area contributed by atoms with Crippen LogP contribution in [0.25, 0.3) is 11.3 Å². The Bertz CT molecular complexity index is 1380. The van der Waals surface area contributed by atoms with Crippen LogP contribution in [0, 0.1) is 6.92 Å². The first-order valence-electron chi connectivity index (χ1n) is 10.9. The Hall–Kier alpha value is -3.53. The van der Waals surface area contributed by atoms with Crippen molar-refractivity contribution in [2.75, 3.05) is 12.4 Å². The molecule has 0 spiro atoms. The van der Waals surface area contributed by atoms with E-state index in [1.165, 1.54) is 11.3 Å². The number of amides is 1. The summed E-state index contributed by atoms with van der Waals surface area (Å²) >= 11 is 1.30. The van der Waals surface area contributed by atoms with Gasteiger partial charge in [0.05, 0.1) is 23.7 Å². The van der Waals surface area contributed by atoms with Crippen LogP contribution in [-0.2, 0) is 14.8 Å². The van der Waals surface area contributed by atoms with Crippen LogP contribution in [0.3, 0.4) is 0 Å². The van der Waals surface area contributed by atoms with Gasteiger partial charge >= 0.3 is 0 Å². The highest BCUT2D eigenvalue weighted by Crippen LogP contribution is 2.27. The van der Waals surface area contributed by atoms with Crippen LogP contribution >= 0.6 is 11.3 Å². The average Bonchev–Trinajstić information content (AvgIpc) is 3.32. The number of hydrogen-bond acceptors (Lipinski definition) is 6. The van der Waals surface area contributed by atoms with Gasteiger partial charge in [0.15, 0.2) is 5.13 Å². The van der Waals surface area contributed by atoms with Crippen LogP contribution in [0.4, 0.5) is 5.13 Å². The zero-order valence-electron chi connectivity index (χ0n) is 19.3. The van der Waals surface area contributed by atoms with Crippen LogP contribution in [0.1, 0.15) is 23.6 Å². The van der Waals surface area contributed by atoms with E-state index in [-0.39, 0.29) is 17.2 Å². The third-order valence-corrected chi connectivity index (χ3v) is 7.60. The molecule has 35 heavy (non-hydrogen) atoms. The van der Waals surface area contributed by atoms with Crippen molar-refractivity contribution >= 4 is 32.4 Å². The molecule has 0 unspecified atom stereocenters. The maximum Gasteiger partial charge on any atom is 0.241 e. The molecule has 1 aromatic heterocycles. The number of aryl methyl sites for hydroxylation is 1. The number of ether oxygens (including phenoxy) is 1. The van der Waals surface area contributed by atoms with E-state index >= 15 is 0 Å². The van der Waals surface area contributed by atoms with Gasteiger partial charge in [0, 0.05) is 17.4 Å². The van der Waals surface area contributed by atoms with E-state index in [1.54, 1.807) is 43.5 Å². The van der Waals surface area contributed by atoms with Gasteiger partial charge in [-0.2, -0.15) is 0 Å². The maximum absolute atomic E-state index is 13.0. The number of rotatable bonds is 9. The fourth-order valence-corrected chi connectivity index (χ4v) is 5.43. The molecule has 9 heteroatoms. The summed E-state index contributed by atoms with van der Waals surface area (Å²) in [7, 11) is -2.23. The topological polar surface area (TPSA) is 97.4 Å². The SMILES string of the molecule is COc1ccc(-c2csc(NC(=O)C[C@@H](NS(=O)(=O)c3ccc(C)cc3)c3ccccc3)n2)cc1. The lowest BCUT2D eigenvalue weighted by atomic mass is 10.0. The van der Waals surface area contributed by atoms with Crippen molar-refractivity contribution in [3.8, 4) is 17.0 Å². The minimum Gasteiger partial charge on any atom is -0.497 e. The molecule has 0 fully saturated rings. The molecule has 0 aliphatic carbocycles. The number of hydrogen-bond donors (Lipinski definition) is 2. The second-order valence-corrected chi connectivity index (χ2v) is 10.5. The van der Waals surface area contributed by atoms with Crippen molar-refractivity contribution < 1.29 is 17.9 Å². The van der Waals surface area contributed by atoms with E-state index in [0.29, 0.717) is 10.7 Å². The Labute approximate surface area is 208 Å². The lowest BCUT2D eigenvalue weighted by Gasteiger charge is -2.19. The Kier molecular flexibility index (Phi) is 7.60. The van der Waals surface area contributed by atoms with Gasteiger partial charge in [-0.3, -0.25) is 4.79 Å². The second-order valence-electron chi connectivity index (χ2n) is 7.92. The zero-order chi connectivity index (χ0) is 24.8. The lowest BCUT2D eigenvalue weighted by molar-refractivity contribution is -0.116. The molecule has 0 saturated heterocycles. The van der Waals surface area contributed by atoms with Gasteiger partial charge in [-0.05, 0) is 48.9 Å². The first-order valence-corrected chi connectivity index (χ1v) is 13.2. The largest absolute Gasteiger partial charge is 0.497 e. The highest BCUT2D eigenvalue weighted by Gasteiger charge is 2.24. The smallest absolute Gasteiger partial charge is 0.241 e. The third-order valence-electron chi connectivity index (χ3n) is 5.36. The summed E-state index contributed by atoms with van der Waals surface area (Å²) in [5.41, 5.74) is 3.28.